The number of aliphatic hydroxyl groups is 1. The van der Waals surface area contributed by atoms with Crippen molar-refractivity contribution in [3.05, 3.63) is 47.5 Å². The SMILES string of the molecule is C[Si](C)(C)CCOCn1c(S(C)(=O)=O)nc2cc(F)c(-c3ccc(C4(O)CCC4)cc3)c(F)c21. The fraction of sp³-hybridized carbons (Fsp3) is 0.458. The molecule has 1 saturated carbocycles. The summed E-state index contributed by atoms with van der Waals surface area (Å²) in [5, 5.41) is 10.2. The van der Waals surface area contributed by atoms with Crippen LogP contribution in [-0.2, 0) is 26.9 Å². The summed E-state index contributed by atoms with van der Waals surface area (Å²) in [4.78, 5) is 4.02. The Labute approximate surface area is 199 Å². The molecule has 34 heavy (non-hydrogen) atoms. The van der Waals surface area contributed by atoms with Crippen LogP contribution < -0.4 is 0 Å². The lowest BCUT2D eigenvalue weighted by molar-refractivity contribution is -0.0387. The highest BCUT2D eigenvalue weighted by Gasteiger charge is 2.36. The third-order valence-electron chi connectivity index (χ3n) is 6.33. The Balaban J connectivity index is 1.77. The highest BCUT2D eigenvalue weighted by Crippen LogP contribution is 2.42. The maximum atomic E-state index is 15.8. The molecule has 1 N–H and O–H groups in total. The van der Waals surface area contributed by atoms with E-state index in [1.807, 2.05) is 0 Å². The van der Waals surface area contributed by atoms with Crippen LogP contribution in [0.25, 0.3) is 22.2 Å². The highest BCUT2D eigenvalue weighted by atomic mass is 32.2. The quantitative estimate of drug-likeness (QED) is 0.339. The van der Waals surface area contributed by atoms with Gasteiger partial charge in [0.05, 0.1) is 16.7 Å². The van der Waals surface area contributed by atoms with Crippen molar-refractivity contribution in [2.24, 2.45) is 0 Å². The number of hydrogen-bond donors (Lipinski definition) is 1. The molecule has 0 spiro atoms. The van der Waals surface area contributed by atoms with Gasteiger partial charge in [0, 0.05) is 27.0 Å². The summed E-state index contributed by atoms with van der Waals surface area (Å²) >= 11 is 0. The molecule has 184 valence electrons. The molecular weight excluding hydrogens is 478 g/mol. The van der Waals surface area contributed by atoms with Gasteiger partial charge in [0.1, 0.15) is 18.1 Å². The second-order valence-corrected chi connectivity index (χ2v) is 17.9. The Hall–Kier alpha value is -2.14. The van der Waals surface area contributed by atoms with Crippen molar-refractivity contribution in [1.82, 2.24) is 9.55 Å². The van der Waals surface area contributed by atoms with Gasteiger partial charge < -0.3 is 9.84 Å². The van der Waals surface area contributed by atoms with E-state index >= 15 is 8.78 Å². The van der Waals surface area contributed by atoms with E-state index < -0.39 is 35.1 Å². The van der Waals surface area contributed by atoms with Crippen molar-refractivity contribution < 1.29 is 27.0 Å². The Kier molecular flexibility index (Phi) is 6.47. The van der Waals surface area contributed by atoms with Gasteiger partial charge in [0.15, 0.2) is 5.82 Å². The fourth-order valence-corrected chi connectivity index (χ4v) is 5.71. The molecule has 0 atom stereocenters. The largest absolute Gasteiger partial charge is 0.385 e. The second-order valence-electron chi connectivity index (χ2n) is 10.3. The number of fused-ring (bicyclic) bond motifs is 1. The van der Waals surface area contributed by atoms with Crippen LogP contribution in [0.5, 0.6) is 0 Å². The number of nitrogens with zero attached hydrogens (tertiary/aromatic N) is 2. The second kappa shape index (κ2) is 8.82. The van der Waals surface area contributed by atoms with Gasteiger partial charge >= 0.3 is 0 Å². The van der Waals surface area contributed by atoms with E-state index in [0.717, 1.165) is 24.8 Å². The normalized spacial score (nSPS) is 16.1. The molecule has 0 radical (unpaired) electrons. The summed E-state index contributed by atoms with van der Waals surface area (Å²) in [6, 6.07) is 8.40. The van der Waals surface area contributed by atoms with Crippen LogP contribution in [0.2, 0.25) is 25.7 Å². The third-order valence-corrected chi connectivity index (χ3v) is 9.01. The van der Waals surface area contributed by atoms with Crippen LogP contribution in [-0.4, -0.2) is 44.0 Å². The number of rotatable bonds is 8. The van der Waals surface area contributed by atoms with Crippen molar-refractivity contribution in [3.8, 4) is 11.1 Å². The zero-order valence-electron chi connectivity index (χ0n) is 19.9. The molecule has 10 heteroatoms. The monoisotopic (exact) mass is 508 g/mol. The number of aromatic nitrogens is 2. The average Bonchev–Trinajstić information content (AvgIpc) is 3.08. The van der Waals surface area contributed by atoms with Crippen LogP contribution in [0.15, 0.2) is 35.5 Å². The Morgan fingerprint density at radius 2 is 1.82 bits per heavy atom. The summed E-state index contributed by atoms with van der Waals surface area (Å²) in [6.45, 7) is 6.76. The topological polar surface area (TPSA) is 81.4 Å². The van der Waals surface area contributed by atoms with Crippen molar-refractivity contribution in [2.45, 2.75) is 62.4 Å². The first kappa shape index (κ1) is 25.0. The minimum absolute atomic E-state index is 0.0895. The maximum Gasteiger partial charge on any atom is 0.230 e. The molecule has 0 saturated heterocycles. The number of hydrogen-bond acceptors (Lipinski definition) is 5. The number of ether oxygens (including phenoxy) is 1. The minimum atomic E-state index is -3.82. The molecule has 0 unspecified atom stereocenters. The van der Waals surface area contributed by atoms with E-state index in [-0.39, 0.29) is 34.0 Å². The standard InChI is InChI=1S/C24H30F2N2O4SSi/c1-33(30,31)23-27-19-14-18(25)20(16-6-8-17(9-7-16)24(29)10-5-11-24)21(26)22(19)28(23)15-32-12-13-34(2,3)4/h6-9,14,29H,5,10-13,15H2,1-4H3. The number of benzene rings is 2. The molecule has 0 bridgehead atoms. The predicted octanol–water partition coefficient (Wildman–Crippen LogP) is 5.07. The molecule has 0 amide bonds. The van der Waals surface area contributed by atoms with Gasteiger partial charge in [-0.25, -0.2) is 22.2 Å². The number of imidazole rings is 1. The van der Waals surface area contributed by atoms with Crippen molar-refractivity contribution in [1.29, 1.82) is 0 Å². The van der Waals surface area contributed by atoms with Crippen molar-refractivity contribution in [3.63, 3.8) is 0 Å². The summed E-state index contributed by atoms with van der Waals surface area (Å²) in [7, 11) is -5.20. The van der Waals surface area contributed by atoms with E-state index in [9.17, 15) is 13.5 Å². The van der Waals surface area contributed by atoms with Gasteiger partial charge in [-0.15, -0.1) is 0 Å². The van der Waals surface area contributed by atoms with Crippen molar-refractivity contribution >= 4 is 28.9 Å². The molecule has 4 rings (SSSR count). The maximum absolute atomic E-state index is 15.8. The first-order chi connectivity index (χ1) is 15.8. The van der Waals surface area contributed by atoms with E-state index in [2.05, 4.69) is 24.6 Å². The lowest BCUT2D eigenvalue weighted by Crippen LogP contribution is -2.33. The molecule has 2 aromatic carbocycles. The van der Waals surface area contributed by atoms with E-state index in [0.29, 0.717) is 25.0 Å². The minimum Gasteiger partial charge on any atom is -0.385 e. The van der Waals surface area contributed by atoms with E-state index in [1.165, 1.54) is 4.57 Å². The molecule has 1 aliphatic rings. The zero-order chi connectivity index (χ0) is 24.9. The first-order valence-corrected chi connectivity index (χ1v) is 16.9. The van der Waals surface area contributed by atoms with Gasteiger partial charge in [0.2, 0.25) is 15.0 Å². The summed E-state index contributed by atoms with van der Waals surface area (Å²) in [6.07, 6.45) is 3.23. The average molecular weight is 509 g/mol. The lowest BCUT2D eigenvalue weighted by Gasteiger charge is -2.37. The smallest absolute Gasteiger partial charge is 0.230 e. The zero-order valence-corrected chi connectivity index (χ0v) is 21.7. The van der Waals surface area contributed by atoms with Crippen LogP contribution in [0.3, 0.4) is 0 Å². The van der Waals surface area contributed by atoms with Crippen LogP contribution in [0.4, 0.5) is 8.78 Å². The van der Waals surface area contributed by atoms with Gasteiger partial charge in [-0.3, -0.25) is 4.57 Å². The van der Waals surface area contributed by atoms with Gasteiger partial charge in [0.25, 0.3) is 0 Å². The van der Waals surface area contributed by atoms with E-state index in [4.69, 9.17) is 4.74 Å². The van der Waals surface area contributed by atoms with Crippen LogP contribution in [0.1, 0.15) is 24.8 Å². The molecule has 6 nitrogen and oxygen atoms in total. The lowest BCUT2D eigenvalue weighted by atomic mass is 9.75. The van der Waals surface area contributed by atoms with Gasteiger partial charge in [-0.05, 0) is 36.4 Å². The Morgan fingerprint density at radius 1 is 1.18 bits per heavy atom. The summed E-state index contributed by atoms with van der Waals surface area (Å²) < 4.78 is 62.4. The molecule has 1 fully saturated rings. The fourth-order valence-electron chi connectivity index (χ4n) is 4.15. The van der Waals surface area contributed by atoms with Gasteiger partial charge in [-0.2, -0.15) is 0 Å². The molecular formula is C24H30F2N2O4SSi. The predicted molar refractivity (Wildman–Crippen MR) is 130 cm³/mol. The molecule has 1 aliphatic carbocycles. The van der Waals surface area contributed by atoms with E-state index in [1.54, 1.807) is 24.3 Å². The molecule has 1 heterocycles. The van der Waals surface area contributed by atoms with Crippen molar-refractivity contribution in [2.75, 3.05) is 12.9 Å². The Bertz CT molecular complexity index is 1330. The first-order valence-electron chi connectivity index (χ1n) is 11.3. The van der Waals surface area contributed by atoms with Crippen LogP contribution in [0, 0.1) is 11.6 Å². The van der Waals surface area contributed by atoms with Gasteiger partial charge in [-0.1, -0.05) is 43.9 Å². The summed E-state index contributed by atoms with van der Waals surface area (Å²) in [5.41, 5.74) is -0.361. The highest BCUT2D eigenvalue weighted by molar-refractivity contribution is 7.90. The molecule has 1 aromatic heterocycles. The number of sulfone groups is 1. The summed E-state index contributed by atoms with van der Waals surface area (Å²) in [5.74, 6) is -1.74. The van der Waals surface area contributed by atoms with Crippen LogP contribution >= 0.6 is 0 Å². The number of halogens is 2. The third kappa shape index (κ3) is 4.82. The molecule has 3 aromatic rings. The Morgan fingerprint density at radius 3 is 2.35 bits per heavy atom. The molecule has 0 aliphatic heterocycles.